The summed E-state index contributed by atoms with van der Waals surface area (Å²) in [6.45, 7) is 8.78. The Bertz CT molecular complexity index is 2140. The van der Waals surface area contributed by atoms with Crippen LogP contribution in [-0.2, 0) is 21.8 Å². The Morgan fingerprint density at radius 3 is 2.00 bits per heavy atom. The van der Waals surface area contributed by atoms with Crippen molar-refractivity contribution < 1.29 is 17.4 Å². The van der Waals surface area contributed by atoms with Crippen molar-refractivity contribution in [2.75, 3.05) is 0 Å². The van der Waals surface area contributed by atoms with Crippen LogP contribution < -0.4 is 0 Å². The third-order valence-corrected chi connectivity index (χ3v) is 8.04. The molecular formula is C40H49N3O. The highest BCUT2D eigenvalue weighted by atomic mass is 16.3. The first-order valence-corrected chi connectivity index (χ1v) is 15.0. The van der Waals surface area contributed by atoms with Gasteiger partial charge in [-0.3, -0.25) is 4.98 Å². The first-order chi connectivity index (χ1) is 24.0. The molecule has 230 valence electrons. The van der Waals surface area contributed by atoms with Crippen molar-refractivity contribution in [1.29, 1.82) is 0 Å². The summed E-state index contributed by atoms with van der Waals surface area (Å²) in [5.74, 6) is 0.804. The molecule has 2 aromatic heterocycles. The van der Waals surface area contributed by atoms with Gasteiger partial charge in [0.05, 0.1) is 22.3 Å². The van der Waals surface area contributed by atoms with Crippen molar-refractivity contribution in [1.82, 2.24) is 14.5 Å². The molecule has 44 heavy (non-hydrogen) atoms. The molecule has 0 saturated carbocycles. The number of imidazole rings is 1. The van der Waals surface area contributed by atoms with E-state index in [2.05, 4.69) is 77.9 Å². The maximum atomic E-state index is 11.9. The molecule has 3 aromatic carbocycles. The van der Waals surface area contributed by atoms with Crippen LogP contribution in [0.1, 0.15) is 112 Å². The molecule has 0 atom stereocenters. The van der Waals surface area contributed by atoms with Crippen molar-refractivity contribution in [3.63, 3.8) is 0 Å². The number of hydrogen-bond acceptors (Lipinski definition) is 3. The van der Waals surface area contributed by atoms with Crippen LogP contribution in [0.25, 0.3) is 44.8 Å². The van der Waals surface area contributed by atoms with Gasteiger partial charge in [-0.2, -0.15) is 0 Å². The second kappa shape index (κ2) is 10.6. The molecule has 1 N–H and O–H groups in total. The van der Waals surface area contributed by atoms with E-state index in [1.165, 1.54) is 12.3 Å². The molecule has 5 aromatic rings. The van der Waals surface area contributed by atoms with Crippen molar-refractivity contribution in [2.24, 2.45) is 0 Å². The fraction of sp³-hybridized carbons (Fsp3) is 0.400. The summed E-state index contributed by atoms with van der Waals surface area (Å²) in [7, 11) is 0. The third-order valence-electron chi connectivity index (χ3n) is 8.04. The van der Waals surface area contributed by atoms with E-state index >= 15 is 0 Å². The highest BCUT2D eigenvalue weighted by Gasteiger charge is 2.30. The van der Waals surface area contributed by atoms with E-state index in [4.69, 9.17) is 17.3 Å². The number of hydrogen-bond donors (Lipinski definition) is 1. The Labute approximate surface area is 276 Å². The number of aromatic nitrogens is 3. The number of benzene rings is 3. The first kappa shape index (κ1) is 21.7. The predicted octanol–water partition coefficient (Wildman–Crippen LogP) is 10.8. The fourth-order valence-corrected chi connectivity index (χ4v) is 5.67. The molecule has 4 heteroatoms. The van der Waals surface area contributed by atoms with Gasteiger partial charge >= 0.3 is 0 Å². The summed E-state index contributed by atoms with van der Waals surface area (Å²) in [4.78, 5) is 9.69. The third kappa shape index (κ3) is 5.92. The summed E-state index contributed by atoms with van der Waals surface area (Å²) in [6.07, 6.45) is 1.25. The molecule has 0 saturated heterocycles. The topological polar surface area (TPSA) is 50.9 Å². The largest absolute Gasteiger partial charge is 0.507 e. The number of fused-ring (bicyclic) bond motifs is 1. The molecule has 0 aliphatic carbocycles. The van der Waals surface area contributed by atoms with Crippen LogP contribution in [0.4, 0.5) is 0 Å². The zero-order chi connectivity index (χ0) is 39.9. The highest BCUT2D eigenvalue weighted by Crippen LogP contribution is 2.44. The van der Waals surface area contributed by atoms with E-state index in [0.29, 0.717) is 22.5 Å². The maximum absolute atomic E-state index is 11.9. The fourth-order valence-electron chi connectivity index (χ4n) is 5.67. The van der Waals surface area contributed by atoms with Gasteiger partial charge in [-0.05, 0) is 84.0 Å². The van der Waals surface area contributed by atoms with Crippen LogP contribution in [0.5, 0.6) is 5.75 Å². The van der Waals surface area contributed by atoms with E-state index in [1.54, 1.807) is 12.1 Å². The van der Waals surface area contributed by atoms with Gasteiger partial charge in [-0.1, -0.05) is 98.5 Å². The van der Waals surface area contributed by atoms with Gasteiger partial charge < -0.3 is 9.67 Å². The minimum atomic E-state index is -3.39. The molecule has 0 spiro atoms. The summed E-state index contributed by atoms with van der Waals surface area (Å²) in [6, 6.07) is 19.7. The normalized spacial score (nSPS) is 17.0. The summed E-state index contributed by atoms with van der Waals surface area (Å²) in [5, 5.41) is 11.9. The number of phenols is 1. The molecular weight excluding hydrogens is 538 g/mol. The van der Waals surface area contributed by atoms with Crippen molar-refractivity contribution in [2.45, 2.75) is 105 Å². The zero-order valence-corrected chi connectivity index (χ0v) is 27.2. The Kier molecular flexibility index (Phi) is 5.24. The average Bonchev–Trinajstić information content (AvgIpc) is 3.39. The summed E-state index contributed by atoms with van der Waals surface area (Å²) >= 11 is 0. The second-order valence-corrected chi connectivity index (χ2v) is 14.8. The van der Waals surface area contributed by atoms with Crippen LogP contribution in [0.3, 0.4) is 0 Å². The Morgan fingerprint density at radius 2 is 1.36 bits per heavy atom. The Balaban J connectivity index is 1.76. The molecule has 0 unspecified atom stereocenters. The van der Waals surface area contributed by atoms with Gasteiger partial charge in [-0.15, -0.1) is 0 Å². The molecule has 5 rings (SSSR count). The maximum Gasteiger partial charge on any atom is 0.145 e. The lowest BCUT2D eigenvalue weighted by molar-refractivity contribution is 0.410. The van der Waals surface area contributed by atoms with E-state index in [0.717, 1.165) is 33.8 Å². The molecule has 0 aliphatic heterocycles. The van der Waals surface area contributed by atoms with E-state index in [9.17, 15) is 5.11 Å². The Morgan fingerprint density at radius 1 is 0.682 bits per heavy atom. The smallest absolute Gasteiger partial charge is 0.145 e. The SMILES string of the molecule is [2H]C([2H])([2H])C(c1ccnc(-c2cccc(-c3cccc4c3nc(-c3cc(C(C)(C)C)cc(C(C)(C)C)c3O)n4C(C)(C)C)c2)c1)(C([2H])([2H])[2H])C([2H])([2H])[2H]. The number of rotatable bonds is 3. The van der Waals surface area contributed by atoms with Crippen LogP contribution in [0.15, 0.2) is 72.9 Å². The van der Waals surface area contributed by atoms with E-state index < -0.39 is 31.5 Å². The van der Waals surface area contributed by atoms with Gasteiger partial charge in [0.2, 0.25) is 0 Å². The van der Waals surface area contributed by atoms with Gasteiger partial charge in [0, 0.05) is 40.8 Å². The number of phenolic OH excluding ortho intramolecular Hbond substituents is 1. The van der Waals surface area contributed by atoms with Crippen LogP contribution in [0, 0.1) is 0 Å². The van der Waals surface area contributed by atoms with Gasteiger partial charge in [0.25, 0.3) is 0 Å². The van der Waals surface area contributed by atoms with Crippen LogP contribution in [-0.4, -0.2) is 19.6 Å². The molecule has 0 aliphatic rings. The standard InChI is InChI=1S/C40H49N3O/c1-37(2,3)27-19-20-41-32(24-27)26-16-13-15-25(21-26)29-17-14-18-33-34(29)42-36(43(33)40(10,11)12)30-22-28(38(4,5)6)23-31(35(30)44)39(7,8)9/h13-24,44H,1-12H3/i1D3,2D3,3D3. The molecule has 0 bridgehead atoms. The van der Waals surface area contributed by atoms with Gasteiger partial charge in [0.15, 0.2) is 0 Å². The average molecular weight is 597 g/mol. The van der Waals surface area contributed by atoms with E-state index in [-0.39, 0.29) is 27.8 Å². The highest BCUT2D eigenvalue weighted by molar-refractivity contribution is 5.95. The lowest BCUT2D eigenvalue weighted by Crippen LogP contribution is -2.23. The molecule has 4 nitrogen and oxygen atoms in total. The predicted molar refractivity (Wildman–Crippen MR) is 187 cm³/mol. The first-order valence-electron chi connectivity index (χ1n) is 19.5. The molecule has 0 amide bonds. The van der Waals surface area contributed by atoms with Crippen LogP contribution in [0.2, 0.25) is 0 Å². The molecule has 2 heterocycles. The Hall–Kier alpha value is -3.92. The zero-order valence-electron chi connectivity index (χ0n) is 36.2. The van der Waals surface area contributed by atoms with Crippen molar-refractivity contribution in [3.05, 3.63) is 89.6 Å². The lowest BCUT2D eigenvalue weighted by Gasteiger charge is -2.29. The number of para-hydroxylation sites is 1. The van der Waals surface area contributed by atoms with E-state index in [1.807, 2.05) is 36.4 Å². The van der Waals surface area contributed by atoms with Crippen molar-refractivity contribution in [3.8, 4) is 39.5 Å². The lowest BCUT2D eigenvalue weighted by atomic mass is 9.78. The number of nitrogens with zero attached hydrogens (tertiary/aromatic N) is 3. The monoisotopic (exact) mass is 596 g/mol. The second-order valence-electron chi connectivity index (χ2n) is 14.8. The molecule has 0 fully saturated rings. The van der Waals surface area contributed by atoms with Gasteiger partial charge in [-0.25, -0.2) is 4.98 Å². The minimum Gasteiger partial charge on any atom is -0.507 e. The van der Waals surface area contributed by atoms with Crippen molar-refractivity contribution >= 4 is 11.0 Å². The van der Waals surface area contributed by atoms with Crippen LogP contribution >= 0.6 is 0 Å². The molecule has 0 radical (unpaired) electrons. The van der Waals surface area contributed by atoms with Gasteiger partial charge in [0.1, 0.15) is 11.6 Å². The number of pyridine rings is 1. The summed E-state index contributed by atoms with van der Waals surface area (Å²) in [5.41, 5.74) is 1.87. The quantitative estimate of drug-likeness (QED) is 0.225. The minimum absolute atomic E-state index is 0.183. The number of aromatic hydroxyl groups is 1. The summed E-state index contributed by atoms with van der Waals surface area (Å²) < 4.78 is 75.7.